The second kappa shape index (κ2) is 4.55. The number of hydrogen-bond acceptors (Lipinski definition) is 2. The normalized spacial score (nSPS) is 10.1. The van der Waals surface area contributed by atoms with Crippen molar-refractivity contribution in [2.45, 2.75) is 13.0 Å². The van der Waals surface area contributed by atoms with Gasteiger partial charge in [0, 0.05) is 6.42 Å². The van der Waals surface area contributed by atoms with Crippen molar-refractivity contribution >= 4 is 0 Å². The lowest BCUT2D eigenvalue weighted by Crippen LogP contribution is -2.05. The average Bonchev–Trinajstić information content (AvgIpc) is 2.68. The highest BCUT2D eigenvalue weighted by molar-refractivity contribution is 5.15. The zero-order valence-electron chi connectivity index (χ0n) is 8.50. The van der Waals surface area contributed by atoms with Gasteiger partial charge in [0.15, 0.2) is 0 Å². The monoisotopic (exact) mass is 199 g/mol. The van der Waals surface area contributed by atoms with Gasteiger partial charge in [-0.3, -0.25) is 0 Å². The standard InChI is InChI=1S/C12H13N3/c1-2-6-12-9-13-14-15(12)10-11-7-4-3-5-8-11/h2-5,7-9H,1,6,10H2. The molecule has 1 aromatic heterocycles. The summed E-state index contributed by atoms with van der Waals surface area (Å²) in [5.74, 6) is 0. The molecule has 3 heteroatoms. The van der Waals surface area contributed by atoms with Crippen molar-refractivity contribution in [3.63, 3.8) is 0 Å². The van der Waals surface area contributed by atoms with Crippen LogP contribution >= 0.6 is 0 Å². The summed E-state index contributed by atoms with van der Waals surface area (Å²) in [6.07, 6.45) is 4.45. The summed E-state index contributed by atoms with van der Waals surface area (Å²) in [6, 6.07) is 10.2. The van der Waals surface area contributed by atoms with Crippen LogP contribution in [0.4, 0.5) is 0 Å². The molecule has 0 fully saturated rings. The lowest BCUT2D eigenvalue weighted by atomic mass is 10.2. The summed E-state index contributed by atoms with van der Waals surface area (Å²) in [6.45, 7) is 4.48. The van der Waals surface area contributed by atoms with Gasteiger partial charge in [0.05, 0.1) is 18.4 Å². The van der Waals surface area contributed by atoms with E-state index in [1.165, 1.54) is 5.56 Å². The highest BCUT2D eigenvalue weighted by atomic mass is 15.4. The first-order chi connectivity index (χ1) is 7.40. The lowest BCUT2D eigenvalue weighted by molar-refractivity contribution is 0.627. The maximum Gasteiger partial charge on any atom is 0.0728 e. The smallest absolute Gasteiger partial charge is 0.0728 e. The molecule has 1 aromatic carbocycles. The fourth-order valence-corrected chi connectivity index (χ4v) is 1.47. The molecule has 0 aliphatic heterocycles. The summed E-state index contributed by atoms with van der Waals surface area (Å²) >= 11 is 0. The number of hydrogen-bond donors (Lipinski definition) is 0. The first-order valence-corrected chi connectivity index (χ1v) is 4.92. The first kappa shape index (κ1) is 9.65. The minimum Gasteiger partial charge on any atom is -0.245 e. The Morgan fingerprint density at radius 3 is 2.80 bits per heavy atom. The Hall–Kier alpha value is -1.90. The molecule has 2 aromatic rings. The van der Waals surface area contributed by atoms with Crippen molar-refractivity contribution < 1.29 is 0 Å². The number of aromatic nitrogens is 3. The Morgan fingerprint density at radius 1 is 1.27 bits per heavy atom. The van der Waals surface area contributed by atoms with Crippen LogP contribution in [0.15, 0.2) is 49.2 Å². The van der Waals surface area contributed by atoms with Crippen molar-refractivity contribution in [1.29, 1.82) is 0 Å². The van der Waals surface area contributed by atoms with Gasteiger partial charge in [0.2, 0.25) is 0 Å². The van der Waals surface area contributed by atoms with E-state index in [0.29, 0.717) is 0 Å². The van der Waals surface area contributed by atoms with Crippen LogP contribution in [0, 0.1) is 0 Å². The molecule has 0 bridgehead atoms. The Kier molecular flexibility index (Phi) is 2.93. The zero-order valence-corrected chi connectivity index (χ0v) is 8.50. The van der Waals surface area contributed by atoms with E-state index >= 15 is 0 Å². The molecule has 0 saturated heterocycles. The SMILES string of the molecule is C=CCc1cnnn1Cc1ccccc1. The highest BCUT2D eigenvalue weighted by Crippen LogP contribution is 2.04. The van der Waals surface area contributed by atoms with E-state index in [1.54, 1.807) is 6.20 Å². The van der Waals surface area contributed by atoms with Crippen LogP contribution in [-0.4, -0.2) is 15.0 Å². The third-order valence-corrected chi connectivity index (χ3v) is 2.23. The van der Waals surface area contributed by atoms with Gasteiger partial charge in [-0.25, -0.2) is 4.68 Å². The molecular formula is C12H13N3. The van der Waals surface area contributed by atoms with Crippen LogP contribution in [0.25, 0.3) is 0 Å². The summed E-state index contributed by atoms with van der Waals surface area (Å²) in [7, 11) is 0. The molecule has 0 saturated carbocycles. The van der Waals surface area contributed by atoms with E-state index in [4.69, 9.17) is 0 Å². The maximum atomic E-state index is 4.05. The molecule has 1 heterocycles. The van der Waals surface area contributed by atoms with E-state index in [9.17, 15) is 0 Å². The fraction of sp³-hybridized carbons (Fsp3) is 0.167. The van der Waals surface area contributed by atoms with E-state index < -0.39 is 0 Å². The quantitative estimate of drug-likeness (QED) is 0.705. The van der Waals surface area contributed by atoms with E-state index in [2.05, 4.69) is 29.0 Å². The molecule has 0 unspecified atom stereocenters. The van der Waals surface area contributed by atoms with Gasteiger partial charge < -0.3 is 0 Å². The predicted octanol–water partition coefficient (Wildman–Crippen LogP) is 2.05. The molecule has 0 aliphatic carbocycles. The van der Waals surface area contributed by atoms with Gasteiger partial charge in [-0.15, -0.1) is 11.7 Å². The fourth-order valence-electron chi connectivity index (χ4n) is 1.47. The zero-order chi connectivity index (χ0) is 10.5. The second-order valence-electron chi connectivity index (χ2n) is 3.36. The maximum absolute atomic E-state index is 4.05. The second-order valence-corrected chi connectivity index (χ2v) is 3.36. The highest BCUT2D eigenvalue weighted by Gasteiger charge is 2.01. The largest absolute Gasteiger partial charge is 0.245 e. The molecule has 0 amide bonds. The number of rotatable bonds is 4. The van der Waals surface area contributed by atoms with Crippen molar-refractivity contribution in [1.82, 2.24) is 15.0 Å². The molecule has 15 heavy (non-hydrogen) atoms. The Balaban J connectivity index is 2.17. The summed E-state index contributed by atoms with van der Waals surface area (Å²) in [4.78, 5) is 0. The van der Waals surface area contributed by atoms with Crippen molar-refractivity contribution in [3.05, 3.63) is 60.4 Å². The molecule has 0 radical (unpaired) electrons. The van der Waals surface area contributed by atoms with Crippen LogP contribution in [0.1, 0.15) is 11.3 Å². The number of allylic oxidation sites excluding steroid dienone is 1. The Labute approximate surface area is 89.1 Å². The van der Waals surface area contributed by atoms with Gasteiger partial charge in [-0.2, -0.15) is 0 Å². The third kappa shape index (κ3) is 2.31. The molecule has 0 spiro atoms. The molecule has 0 atom stereocenters. The summed E-state index contributed by atoms with van der Waals surface area (Å²) in [5, 5.41) is 7.95. The van der Waals surface area contributed by atoms with Crippen LogP contribution in [0.2, 0.25) is 0 Å². The average molecular weight is 199 g/mol. The van der Waals surface area contributed by atoms with E-state index in [1.807, 2.05) is 29.0 Å². The third-order valence-electron chi connectivity index (χ3n) is 2.23. The minimum atomic E-state index is 0.768. The van der Waals surface area contributed by atoms with Gasteiger partial charge in [-0.05, 0) is 5.56 Å². The predicted molar refractivity (Wildman–Crippen MR) is 59.5 cm³/mol. The van der Waals surface area contributed by atoms with Crippen LogP contribution in [0.3, 0.4) is 0 Å². The van der Waals surface area contributed by atoms with Gasteiger partial charge >= 0.3 is 0 Å². The van der Waals surface area contributed by atoms with Crippen LogP contribution in [-0.2, 0) is 13.0 Å². The lowest BCUT2D eigenvalue weighted by Gasteiger charge is -2.04. The van der Waals surface area contributed by atoms with E-state index in [-0.39, 0.29) is 0 Å². The molecule has 3 nitrogen and oxygen atoms in total. The Bertz CT molecular complexity index is 431. The number of benzene rings is 1. The molecular weight excluding hydrogens is 186 g/mol. The van der Waals surface area contributed by atoms with Gasteiger partial charge in [0.1, 0.15) is 0 Å². The van der Waals surface area contributed by atoms with Crippen molar-refractivity contribution in [3.8, 4) is 0 Å². The Morgan fingerprint density at radius 2 is 2.07 bits per heavy atom. The summed E-state index contributed by atoms with van der Waals surface area (Å²) in [5.41, 5.74) is 2.32. The topological polar surface area (TPSA) is 30.7 Å². The van der Waals surface area contributed by atoms with Gasteiger partial charge in [-0.1, -0.05) is 41.6 Å². The molecule has 0 N–H and O–H groups in total. The molecule has 76 valence electrons. The van der Waals surface area contributed by atoms with E-state index in [0.717, 1.165) is 18.7 Å². The van der Waals surface area contributed by atoms with Gasteiger partial charge in [0.25, 0.3) is 0 Å². The van der Waals surface area contributed by atoms with Crippen LogP contribution in [0.5, 0.6) is 0 Å². The number of nitrogens with zero attached hydrogens (tertiary/aromatic N) is 3. The minimum absolute atomic E-state index is 0.768. The first-order valence-electron chi connectivity index (χ1n) is 4.92. The van der Waals surface area contributed by atoms with Crippen molar-refractivity contribution in [2.24, 2.45) is 0 Å². The van der Waals surface area contributed by atoms with Crippen molar-refractivity contribution in [2.75, 3.05) is 0 Å². The molecule has 2 rings (SSSR count). The molecule has 0 aliphatic rings. The summed E-state index contributed by atoms with van der Waals surface area (Å²) < 4.78 is 1.90. The van der Waals surface area contributed by atoms with Crippen LogP contribution < -0.4 is 0 Å².